The molecule has 0 radical (unpaired) electrons. The summed E-state index contributed by atoms with van der Waals surface area (Å²) in [5, 5.41) is 3.83. The Kier molecular flexibility index (Phi) is 6.87. The molecule has 1 aliphatic heterocycles. The van der Waals surface area contributed by atoms with Gasteiger partial charge in [-0.3, -0.25) is 19.1 Å². The average molecular weight is 391 g/mol. The highest BCUT2D eigenvalue weighted by atomic mass is 32.2. The van der Waals surface area contributed by atoms with Gasteiger partial charge in [-0.25, -0.2) is 4.98 Å². The average Bonchev–Trinajstić information content (AvgIpc) is 2.69. The van der Waals surface area contributed by atoms with Crippen LogP contribution in [0, 0.1) is 0 Å². The van der Waals surface area contributed by atoms with Crippen LogP contribution in [0.4, 0.5) is 0 Å². The normalized spacial score (nSPS) is 16.4. The van der Waals surface area contributed by atoms with Crippen molar-refractivity contribution in [3.63, 3.8) is 0 Å². The number of hydrogen-bond acceptors (Lipinski definition) is 6. The molecule has 2 aromatic rings. The molecule has 0 spiro atoms. The third kappa shape index (κ3) is 4.88. The summed E-state index contributed by atoms with van der Waals surface area (Å²) in [7, 11) is 0. The number of amides is 1. The van der Waals surface area contributed by atoms with E-state index in [9.17, 15) is 9.59 Å². The van der Waals surface area contributed by atoms with Crippen LogP contribution in [0.2, 0.25) is 0 Å². The van der Waals surface area contributed by atoms with Gasteiger partial charge in [0.2, 0.25) is 5.91 Å². The summed E-state index contributed by atoms with van der Waals surface area (Å²) in [6.45, 7) is 9.02. The Morgan fingerprint density at radius 2 is 2.07 bits per heavy atom. The Labute approximate surface area is 163 Å². The zero-order valence-electron chi connectivity index (χ0n) is 15.8. The van der Waals surface area contributed by atoms with Crippen LogP contribution in [-0.2, 0) is 16.1 Å². The number of fused-ring (bicyclic) bond motifs is 1. The molecule has 7 nitrogen and oxygen atoms in total. The van der Waals surface area contributed by atoms with Crippen LogP contribution < -0.4 is 10.9 Å². The first-order valence-electron chi connectivity index (χ1n) is 9.34. The molecule has 27 heavy (non-hydrogen) atoms. The van der Waals surface area contributed by atoms with Gasteiger partial charge in [-0.05, 0) is 26.0 Å². The predicted molar refractivity (Wildman–Crippen MR) is 107 cm³/mol. The number of carbonyl (C=O) groups excluding carboxylic acids is 1. The van der Waals surface area contributed by atoms with Gasteiger partial charge in [-0.1, -0.05) is 23.9 Å². The SMILES string of the molecule is CCn1c(SC(C)C(=O)NCCN2CCOCC2)nc2ccccc2c1=O. The standard InChI is InChI=1S/C19H26N4O3S/c1-3-23-18(25)15-6-4-5-7-16(15)21-19(23)27-14(2)17(24)20-8-9-22-10-12-26-13-11-22/h4-7,14H,3,8-13H2,1-2H3,(H,20,24). The summed E-state index contributed by atoms with van der Waals surface area (Å²) < 4.78 is 6.96. The molecule has 2 heterocycles. The second-order valence-corrected chi connectivity index (χ2v) is 7.77. The van der Waals surface area contributed by atoms with Crippen molar-refractivity contribution in [2.24, 2.45) is 0 Å². The molecule has 1 aliphatic rings. The number of aromatic nitrogens is 2. The fourth-order valence-electron chi connectivity index (χ4n) is 3.03. The van der Waals surface area contributed by atoms with Gasteiger partial charge < -0.3 is 10.1 Å². The Bertz CT molecular complexity index is 848. The van der Waals surface area contributed by atoms with E-state index < -0.39 is 0 Å². The van der Waals surface area contributed by atoms with E-state index in [-0.39, 0.29) is 16.7 Å². The number of benzene rings is 1. The number of morpholine rings is 1. The van der Waals surface area contributed by atoms with Crippen molar-refractivity contribution >= 4 is 28.6 Å². The Hall–Kier alpha value is -1.90. The number of hydrogen-bond donors (Lipinski definition) is 1. The van der Waals surface area contributed by atoms with Crippen molar-refractivity contribution in [2.75, 3.05) is 39.4 Å². The highest BCUT2D eigenvalue weighted by Crippen LogP contribution is 2.22. The van der Waals surface area contributed by atoms with Gasteiger partial charge >= 0.3 is 0 Å². The van der Waals surface area contributed by atoms with E-state index >= 15 is 0 Å². The van der Waals surface area contributed by atoms with Crippen molar-refractivity contribution in [2.45, 2.75) is 30.8 Å². The molecule has 0 bridgehead atoms. The van der Waals surface area contributed by atoms with Gasteiger partial charge in [0, 0.05) is 32.7 Å². The molecule has 1 fully saturated rings. The summed E-state index contributed by atoms with van der Waals surface area (Å²) in [5.74, 6) is -0.0432. The zero-order chi connectivity index (χ0) is 19.2. The molecule has 0 aliphatic carbocycles. The van der Waals surface area contributed by atoms with Crippen molar-refractivity contribution in [3.8, 4) is 0 Å². The lowest BCUT2D eigenvalue weighted by molar-refractivity contribution is -0.120. The number of nitrogens with one attached hydrogen (secondary N) is 1. The summed E-state index contributed by atoms with van der Waals surface area (Å²) in [5.41, 5.74) is 0.597. The number of rotatable bonds is 7. The minimum Gasteiger partial charge on any atom is -0.379 e. The van der Waals surface area contributed by atoms with Crippen molar-refractivity contribution in [1.82, 2.24) is 19.8 Å². The molecular formula is C19H26N4O3S. The molecular weight excluding hydrogens is 364 g/mol. The van der Waals surface area contributed by atoms with Crippen LogP contribution in [0.15, 0.2) is 34.2 Å². The molecule has 146 valence electrons. The molecule has 8 heteroatoms. The van der Waals surface area contributed by atoms with E-state index in [1.807, 2.05) is 32.0 Å². The Morgan fingerprint density at radius 1 is 1.33 bits per heavy atom. The van der Waals surface area contributed by atoms with Crippen molar-refractivity contribution in [1.29, 1.82) is 0 Å². The zero-order valence-corrected chi connectivity index (χ0v) is 16.6. The second kappa shape index (κ2) is 9.34. The molecule has 3 rings (SSSR count). The van der Waals surface area contributed by atoms with Crippen LogP contribution in [0.25, 0.3) is 10.9 Å². The van der Waals surface area contributed by atoms with E-state index in [4.69, 9.17) is 4.74 Å². The van der Waals surface area contributed by atoms with Crippen molar-refractivity contribution < 1.29 is 9.53 Å². The molecule has 1 amide bonds. The third-order valence-electron chi connectivity index (χ3n) is 4.63. The van der Waals surface area contributed by atoms with E-state index in [2.05, 4.69) is 15.2 Å². The molecule has 1 unspecified atom stereocenters. The first-order chi connectivity index (χ1) is 13.1. The summed E-state index contributed by atoms with van der Waals surface area (Å²) in [4.78, 5) is 32.0. The van der Waals surface area contributed by atoms with Gasteiger partial charge in [0.05, 0.1) is 29.4 Å². The molecule has 1 N–H and O–H groups in total. The summed E-state index contributed by atoms with van der Waals surface area (Å²) in [6, 6.07) is 7.31. The number of nitrogens with zero attached hydrogens (tertiary/aromatic N) is 3. The molecule has 1 aromatic carbocycles. The van der Waals surface area contributed by atoms with Crippen LogP contribution in [-0.4, -0.2) is 65.0 Å². The number of thioether (sulfide) groups is 1. The minimum absolute atomic E-state index is 0.0432. The van der Waals surface area contributed by atoms with Crippen molar-refractivity contribution in [3.05, 3.63) is 34.6 Å². The lowest BCUT2D eigenvalue weighted by Crippen LogP contribution is -2.42. The van der Waals surface area contributed by atoms with E-state index in [0.717, 1.165) is 32.8 Å². The summed E-state index contributed by atoms with van der Waals surface area (Å²) >= 11 is 1.32. The quantitative estimate of drug-likeness (QED) is 0.568. The number of ether oxygens (including phenoxy) is 1. The third-order valence-corrected chi connectivity index (χ3v) is 5.72. The van der Waals surface area contributed by atoms with Gasteiger partial charge in [-0.15, -0.1) is 0 Å². The topological polar surface area (TPSA) is 76.5 Å². The monoisotopic (exact) mass is 390 g/mol. The number of carbonyl (C=O) groups is 1. The molecule has 1 saturated heterocycles. The molecule has 0 saturated carbocycles. The molecule has 1 atom stereocenters. The Balaban J connectivity index is 1.63. The van der Waals surface area contributed by atoms with Crippen LogP contribution in [0.5, 0.6) is 0 Å². The highest BCUT2D eigenvalue weighted by Gasteiger charge is 2.19. The first kappa shape index (κ1) is 19.9. The van der Waals surface area contributed by atoms with Crippen LogP contribution in [0.3, 0.4) is 0 Å². The maximum atomic E-state index is 12.7. The molecule has 1 aromatic heterocycles. The maximum absolute atomic E-state index is 12.7. The van der Waals surface area contributed by atoms with E-state index in [0.29, 0.717) is 29.1 Å². The van der Waals surface area contributed by atoms with Gasteiger partial charge in [0.25, 0.3) is 5.56 Å². The van der Waals surface area contributed by atoms with Crippen LogP contribution >= 0.6 is 11.8 Å². The van der Waals surface area contributed by atoms with Gasteiger partial charge in [-0.2, -0.15) is 0 Å². The summed E-state index contributed by atoms with van der Waals surface area (Å²) in [6.07, 6.45) is 0. The fourth-order valence-corrected chi connectivity index (χ4v) is 4.03. The maximum Gasteiger partial charge on any atom is 0.262 e. The first-order valence-corrected chi connectivity index (χ1v) is 10.2. The van der Waals surface area contributed by atoms with Gasteiger partial charge in [0.1, 0.15) is 0 Å². The largest absolute Gasteiger partial charge is 0.379 e. The van der Waals surface area contributed by atoms with Gasteiger partial charge in [0.15, 0.2) is 5.16 Å². The fraction of sp³-hybridized carbons (Fsp3) is 0.526. The Morgan fingerprint density at radius 3 is 2.81 bits per heavy atom. The van der Waals surface area contributed by atoms with E-state index in [1.165, 1.54) is 11.8 Å². The lowest BCUT2D eigenvalue weighted by atomic mass is 10.2. The van der Waals surface area contributed by atoms with E-state index in [1.54, 1.807) is 10.6 Å². The smallest absolute Gasteiger partial charge is 0.262 e. The minimum atomic E-state index is -0.333. The van der Waals surface area contributed by atoms with Crippen LogP contribution in [0.1, 0.15) is 13.8 Å². The lowest BCUT2D eigenvalue weighted by Gasteiger charge is -2.26. The number of para-hydroxylation sites is 1. The predicted octanol–water partition coefficient (Wildman–Crippen LogP) is 1.35. The second-order valence-electron chi connectivity index (χ2n) is 6.47. The highest BCUT2D eigenvalue weighted by molar-refractivity contribution is 8.00.